The molecule has 1 heterocycles. The van der Waals surface area contributed by atoms with Crippen LogP contribution in [0.4, 0.5) is 4.79 Å². The van der Waals surface area contributed by atoms with Gasteiger partial charge < -0.3 is 24.6 Å². The molecule has 2 rings (SSSR count). The zero-order valence-corrected chi connectivity index (χ0v) is 19.1. The lowest BCUT2D eigenvalue weighted by molar-refractivity contribution is -0.139. The van der Waals surface area contributed by atoms with E-state index < -0.39 is 11.7 Å². The molecule has 0 spiro atoms. The third-order valence-corrected chi connectivity index (χ3v) is 4.82. The number of ether oxygens (including phenoxy) is 2. The summed E-state index contributed by atoms with van der Waals surface area (Å²) in [4.78, 5) is 39.9. The van der Waals surface area contributed by atoms with Crippen LogP contribution in [0.25, 0.3) is 0 Å². The highest BCUT2D eigenvalue weighted by molar-refractivity contribution is 5.79. The molecule has 1 fully saturated rings. The number of amides is 3. The molecule has 1 aliphatic rings. The molecule has 8 nitrogen and oxygen atoms in total. The van der Waals surface area contributed by atoms with Crippen LogP contribution in [-0.4, -0.2) is 72.6 Å². The van der Waals surface area contributed by atoms with Gasteiger partial charge >= 0.3 is 6.09 Å². The van der Waals surface area contributed by atoms with E-state index >= 15 is 0 Å². The second-order valence-corrected chi connectivity index (χ2v) is 8.71. The summed E-state index contributed by atoms with van der Waals surface area (Å²) in [5.41, 5.74) is 0.614. The molecule has 1 aliphatic heterocycles. The Morgan fingerprint density at radius 1 is 0.935 bits per heavy atom. The first-order valence-electron chi connectivity index (χ1n) is 10.9. The topological polar surface area (TPSA) is 88.2 Å². The van der Waals surface area contributed by atoms with Gasteiger partial charge in [-0.05, 0) is 46.2 Å². The Morgan fingerprint density at radius 3 is 2.03 bits per heavy atom. The van der Waals surface area contributed by atoms with Gasteiger partial charge in [-0.3, -0.25) is 9.59 Å². The zero-order valence-electron chi connectivity index (χ0n) is 19.1. The van der Waals surface area contributed by atoms with E-state index in [1.807, 2.05) is 31.2 Å². The van der Waals surface area contributed by atoms with Crippen molar-refractivity contribution in [3.05, 3.63) is 29.8 Å². The fourth-order valence-corrected chi connectivity index (χ4v) is 3.16. The average molecular weight is 434 g/mol. The molecule has 8 heteroatoms. The zero-order chi connectivity index (χ0) is 22.9. The van der Waals surface area contributed by atoms with Gasteiger partial charge in [0.1, 0.15) is 11.4 Å². The van der Waals surface area contributed by atoms with Gasteiger partial charge in [-0.2, -0.15) is 0 Å². The van der Waals surface area contributed by atoms with Crippen LogP contribution < -0.4 is 10.1 Å². The van der Waals surface area contributed by atoms with Crippen molar-refractivity contribution >= 4 is 17.9 Å². The number of hydrogen-bond acceptors (Lipinski definition) is 5. The van der Waals surface area contributed by atoms with E-state index in [0.29, 0.717) is 45.6 Å². The predicted octanol–water partition coefficient (Wildman–Crippen LogP) is 2.74. The molecule has 1 aromatic rings. The highest BCUT2D eigenvalue weighted by Crippen LogP contribution is 2.12. The van der Waals surface area contributed by atoms with Gasteiger partial charge in [-0.15, -0.1) is 0 Å². The molecule has 172 valence electrons. The number of carbonyl (C=O) groups is 3. The SMILES string of the molecule is Cc1ccc(OCCCC(=O)N2CCN(C(=O)CCNC(=O)OC(C)(C)C)CC2)cc1. The molecule has 0 radical (unpaired) electrons. The number of alkyl carbamates (subject to hydrolysis) is 1. The Kier molecular flexibility index (Phi) is 9.15. The van der Waals surface area contributed by atoms with Crippen molar-refractivity contribution < 1.29 is 23.9 Å². The van der Waals surface area contributed by atoms with E-state index in [-0.39, 0.29) is 24.8 Å². The van der Waals surface area contributed by atoms with Gasteiger partial charge in [0.15, 0.2) is 0 Å². The molecule has 0 atom stereocenters. The maximum Gasteiger partial charge on any atom is 0.407 e. The summed E-state index contributed by atoms with van der Waals surface area (Å²) in [5, 5.41) is 2.59. The highest BCUT2D eigenvalue weighted by atomic mass is 16.6. The minimum absolute atomic E-state index is 0.0327. The Balaban J connectivity index is 1.59. The Morgan fingerprint density at radius 2 is 1.48 bits per heavy atom. The van der Waals surface area contributed by atoms with Crippen LogP contribution in [0, 0.1) is 6.92 Å². The summed E-state index contributed by atoms with van der Waals surface area (Å²) >= 11 is 0. The third-order valence-electron chi connectivity index (χ3n) is 4.82. The normalized spacial score (nSPS) is 14.2. The van der Waals surface area contributed by atoms with E-state index in [4.69, 9.17) is 9.47 Å². The molecule has 1 aromatic carbocycles. The summed E-state index contributed by atoms with van der Waals surface area (Å²) < 4.78 is 10.8. The molecule has 3 amide bonds. The third kappa shape index (κ3) is 9.27. The van der Waals surface area contributed by atoms with E-state index in [9.17, 15) is 14.4 Å². The van der Waals surface area contributed by atoms with Gasteiger partial charge in [-0.25, -0.2) is 4.79 Å². The summed E-state index contributed by atoms with van der Waals surface area (Å²) in [7, 11) is 0. The fraction of sp³-hybridized carbons (Fsp3) is 0.609. The molecule has 0 unspecified atom stereocenters. The van der Waals surface area contributed by atoms with Crippen molar-refractivity contribution in [2.24, 2.45) is 0 Å². The highest BCUT2D eigenvalue weighted by Gasteiger charge is 2.24. The van der Waals surface area contributed by atoms with Gasteiger partial charge in [-0.1, -0.05) is 17.7 Å². The first-order valence-corrected chi connectivity index (χ1v) is 10.9. The number of hydrogen-bond donors (Lipinski definition) is 1. The molecule has 0 bridgehead atoms. The molecule has 0 aromatic heterocycles. The van der Waals surface area contributed by atoms with Crippen LogP contribution in [-0.2, 0) is 14.3 Å². The molecule has 0 aliphatic carbocycles. The molecule has 31 heavy (non-hydrogen) atoms. The van der Waals surface area contributed by atoms with E-state index in [1.165, 1.54) is 5.56 Å². The number of aryl methyl sites for hydroxylation is 1. The lowest BCUT2D eigenvalue weighted by Crippen LogP contribution is -2.51. The number of nitrogens with zero attached hydrogens (tertiary/aromatic N) is 2. The monoisotopic (exact) mass is 433 g/mol. The number of piperazine rings is 1. The van der Waals surface area contributed by atoms with Crippen LogP contribution in [0.5, 0.6) is 5.75 Å². The quantitative estimate of drug-likeness (QED) is 0.637. The van der Waals surface area contributed by atoms with Crippen LogP contribution in [0.1, 0.15) is 45.6 Å². The van der Waals surface area contributed by atoms with E-state index in [1.54, 1.807) is 30.6 Å². The van der Waals surface area contributed by atoms with Crippen molar-refractivity contribution in [1.29, 1.82) is 0 Å². The maximum atomic E-state index is 12.4. The second kappa shape index (κ2) is 11.6. The molecular weight excluding hydrogens is 398 g/mol. The summed E-state index contributed by atoms with van der Waals surface area (Å²) in [6, 6.07) is 7.84. The van der Waals surface area contributed by atoms with Crippen molar-refractivity contribution in [2.75, 3.05) is 39.3 Å². The van der Waals surface area contributed by atoms with Gasteiger partial charge in [0.2, 0.25) is 11.8 Å². The lowest BCUT2D eigenvalue weighted by atomic mass is 10.2. The van der Waals surface area contributed by atoms with Gasteiger partial charge in [0.25, 0.3) is 0 Å². The first-order chi connectivity index (χ1) is 14.6. The van der Waals surface area contributed by atoms with Crippen LogP contribution >= 0.6 is 0 Å². The smallest absolute Gasteiger partial charge is 0.407 e. The van der Waals surface area contributed by atoms with Crippen molar-refractivity contribution in [3.63, 3.8) is 0 Å². The number of rotatable bonds is 8. The number of carbonyl (C=O) groups excluding carboxylic acids is 3. The summed E-state index contributed by atoms with van der Waals surface area (Å²) in [6.45, 7) is 10.2. The Labute approximate surface area is 184 Å². The largest absolute Gasteiger partial charge is 0.494 e. The van der Waals surface area contributed by atoms with Gasteiger partial charge in [0, 0.05) is 45.6 Å². The van der Waals surface area contributed by atoms with Crippen LogP contribution in [0.2, 0.25) is 0 Å². The first kappa shape index (κ1) is 24.5. The van der Waals surface area contributed by atoms with Crippen molar-refractivity contribution in [3.8, 4) is 5.75 Å². The number of nitrogens with one attached hydrogen (secondary N) is 1. The average Bonchev–Trinajstić information content (AvgIpc) is 2.71. The maximum absolute atomic E-state index is 12.4. The molecule has 0 saturated carbocycles. The second-order valence-electron chi connectivity index (χ2n) is 8.71. The Hall–Kier alpha value is -2.77. The van der Waals surface area contributed by atoms with Crippen molar-refractivity contribution in [2.45, 2.75) is 52.6 Å². The summed E-state index contributed by atoms with van der Waals surface area (Å²) in [6.07, 6.45) is 0.771. The fourth-order valence-electron chi connectivity index (χ4n) is 3.16. The van der Waals surface area contributed by atoms with Crippen molar-refractivity contribution in [1.82, 2.24) is 15.1 Å². The number of benzene rings is 1. The predicted molar refractivity (Wildman–Crippen MR) is 118 cm³/mol. The Bertz CT molecular complexity index is 735. The van der Waals surface area contributed by atoms with Crippen LogP contribution in [0.3, 0.4) is 0 Å². The van der Waals surface area contributed by atoms with E-state index in [0.717, 1.165) is 5.75 Å². The minimum Gasteiger partial charge on any atom is -0.494 e. The molecular formula is C23H35N3O5. The van der Waals surface area contributed by atoms with Gasteiger partial charge in [0.05, 0.1) is 6.61 Å². The summed E-state index contributed by atoms with van der Waals surface area (Å²) in [5.74, 6) is 0.868. The minimum atomic E-state index is -0.566. The molecule has 1 N–H and O–H groups in total. The van der Waals surface area contributed by atoms with E-state index in [2.05, 4.69) is 5.32 Å². The lowest BCUT2D eigenvalue weighted by Gasteiger charge is -2.35. The molecule has 1 saturated heterocycles. The van der Waals surface area contributed by atoms with Crippen LogP contribution in [0.15, 0.2) is 24.3 Å². The standard InChI is InChI=1S/C23H35N3O5/c1-18-7-9-19(10-8-18)30-17-5-6-20(27)25-13-15-26(16-14-25)21(28)11-12-24-22(29)31-23(2,3)4/h7-10H,5-6,11-17H2,1-4H3,(H,24,29).